The molecule has 3 aromatic heterocycles. The molecule has 0 aliphatic carbocycles. The molecule has 0 aliphatic heterocycles. The number of phenols is 1. The Morgan fingerprint density at radius 2 is 1.91 bits per heavy atom. The van der Waals surface area contributed by atoms with Crippen LogP contribution in [0.15, 0.2) is 71.9 Å². The average Bonchev–Trinajstić information content (AvgIpc) is 3.21. The maximum absolute atomic E-state index is 14.0. The number of nitrogen functional groups attached to an aromatic ring is 1. The topological polar surface area (TPSA) is 125 Å². The van der Waals surface area contributed by atoms with Gasteiger partial charge >= 0.3 is 0 Å². The molecule has 5 aromatic rings. The number of hydrogen-bond acceptors (Lipinski definition) is 7. The molecule has 1 unspecified atom stereocenters. The van der Waals surface area contributed by atoms with Gasteiger partial charge in [0.25, 0.3) is 5.56 Å². The number of rotatable bonds is 5. The van der Waals surface area contributed by atoms with E-state index in [2.05, 4.69) is 20.2 Å². The van der Waals surface area contributed by atoms with Crippen molar-refractivity contribution >= 4 is 16.9 Å². The summed E-state index contributed by atoms with van der Waals surface area (Å²) >= 11 is 0. The Balaban J connectivity index is 1.58. The predicted octanol–water partition coefficient (Wildman–Crippen LogP) is 3.13. The van der Waals surface area contributed by atoms with E-state index in [9.17, 15) is 14.3 Å². The Morgan fingerprint density at radius 3 is 2.65 bits per heavy atom. The lowest BCUT2D eigenvalue weighted by Crippen LogP contribution is -2.24. The lowest BCUT2D eigenvalue weighted by Gasteiger charge is -2.14. The van der Waals surface area contributed by atoms with Crippen LogP contribution in [0.3, 0.4) is 0 Å². The molecule has 2 aromatic carbocycles. The zero-order valence-electron chi connectivity index (χ0n) is 18.1. The third-order valence-electron chi connectivity index (χ3n) is 5.59. The van der Waals surface area contributed by atoms with Crippen LogP contribution in [0.4, 0.5) is 10.2 Å². The summed E-state index contributed by atoms with van der Waals surface area (Å²) in [5.74, 6) is -0.696. The fraction of sp³-hybridized carbons (Fsp3) is 0.125. The number of benzene rings is 2. The van der Waals surface area contributed by atoms with Crippen LogP contribution < -0.4 is 11.3 Å². The normalized spacial score (nSPS) is 12.2. The highest BCUT2D eigenvalue weighted by Crippen LogP contribution is 2.34. The van der Waals surface area contributed by atoms with Gasteiger partial charge in [-0.15, -0.1) is 0 Å². The molecule has 170 valence electrons. The van der Waals surface area contributed by atoms with Crippen molar-refractivity contribution in [2.45, 2.75) is 19.5 Å². The molecule has 0 saturated carbocycles. The second-order valence-electron chi connectivity index (χ2n) is 7.90. The first-order valence-corrected chi connectivity index (χ1v) is 10.5. The predicted molar refractivity (Wildman–Crippen MR) is 125 cm³/mol. The number of hydrogen-bond donors (Lipinski definition) is 2. The summed E-state index contributed by atoms with van der Waals surface area (Å²) in [6.45, 7) is 2.20. The first-order valence-electron chi connectivity index (χ1n) is 10.5. The highest BCUT2D eigenvalue weighted by Gasteiger charge is 2.22. The first-order chi connectivity index (χ1) is 16.4. The summed E-state index contributed by atoms with van der Waals surface area (Å²) in [6.07, 6.45) is 2.92. The van der Waals surface area contributed by atoms with Crippen molar-refractivity contribution in [3.05, 3.63) is 94.4 Å². The standard InChI is InChI=1S/C24H20FN7O2/c1-14(17-9-20(34)31(29-11-17)12-15-5-3-2-4-6-15)32-24-21(23(26)27-13-28-24)22(30-32)16-7-18(25)10-19(33)8-16/h2-11,13-14,33H,12H2,1H3,(H2,26,27,28). The second-order valence-corrected chi connectivity index (χ2v) is 7.90. The van der Waals surface area contributed by atoms with Crippen molar-refractivity contribution in [3.8, 4) is 17.0 Å². The summed E-state index contributed by atoms with van der Waals surface area (Å²) in [6, 6.07) is 14.3. The number of phenolic OH excluding ortho intramolecular Hbond substituents is 1. The Labute approximate surface area is 193 Å². The molecule has 1 atom stereocenters. The SMILES string of the molecule is CC(c1cnn(Cc2ccccc2)c(=O)c1)n1nc(-c2cc(O)cc(F)c2)c2c(N)ncnc21. The number of nitrogens with two attached hydrogens (primary N) is 1. The van der Waals surface area contributed by atoms with Gasteiger partial charge in [-0.3, -0.25) is 4.79 Å². The molecule has 0 radical (unpaired) electrons. The number of nitrogens with zero attached hydrogens (tertiary/aromatic N) is 6. The van der Waals surface area contributed by atoms with Gasteiger partial charge in [0.1, 0.15) is 29.4 Å². The maximum Gasteiger partial charge on any atom is 0.267 e. The smallest absolute Gasteiger partial charge is 0.267 e. The second kappa shape index (κ2) is 8.39. The van der Waals surface area contributed by atoms with Crippen molar-refractivity contribution in [3.63, 3.8) is 0 Å². The van der Waals surface area contributed by atoms with E-state index in [1.165, 1.54) is 29.2 Å². The van der Waals surface area contributed by atoms with E-state index in [1.807, 2.05) is 37.3 Å². The third-order valence-corrected chi connectivity index (χ3v) is 5.59. The van der Waals surface area contributed by atoms with Crippen LogP contribution in [-0.2, 0) is 6.54 Å². The minimum atomic E-state index is -0.618. The van der Waals surface area contributed by atoms with E-state index < -0.39 is 11.9 Å². The number of aromatic nitrogens is 6. The average molecular weight is 457 g/mol. The largest absolute Gasteiger partial charge is 0.508 e. The van der Waals surface area contributed by atoms with Crippen molar-refractivity contribution in [2.24, 2.45) is 0 Å². The number of halogens is 1. The number of aromatic hydroxyl groups is 1. The molecule has 0 bridgehead atoms. The zero-order chi connectivity index (χ0) is 23.8. The van der Waals surface area contributed by atoms with Gasteiger partial charge in [0.05, 0.1) is 24.2 Å². The van der Waals surface area contributed by atoms with Crippen LogP contribution in [-0.4, -0.2) is 34.6 Å². The molecule has 0 saturated heterocycles. The summed E-state index contributed by atoms with van der Waals surface area (Å²) in [5.41, 5.74) is 8.49. The van der Waals surface area contributed by atoms with Gasteiger partial charge in [-0.2, -0.15) is 10.2 Å². The number of anilines is 1. The lowest BCUT2D eigenvalue weighted by atomic mass is 10.1. The highest BCUT2D eigenvalue weighted by molar-refractivity contribution is 5.98. The van der Waals surface area contributed by atoms with Crippen LogP contribution in [0.25, 0.3) is 22.3 Å². The Hall–Kier alpha value is -4.60. The van der Waals surface area contributed by atoms with Crippen LogP contribution in [0.2, 0.25) is 0 Å². The molecule has 3 N–H and O–H groups in total. The molecular weight excluding hydrogens is 437 g/mol. The van der Waals surface area contributed by atoms with Crippen LogP contribution in [0, 0.1) is 5.82 Å². The van der Waals surface area contributed by atoms with Gasteiger partial charge in [0, 0.05) is 23.3 Å². The van der Waals surface area contributed by atoms with Crippen molar-refractivity contribution in [1.82, 2.24) is 29.5 Å². The van der Waals surface area contributed by atoms with Gasteiger partial charge in [-0.05, 0) is 24.6 Å². The minimum absolute atomic E-state index is 0.165. The van der Waals surface area contributed by atoms with Gasteiger partial charge in [0.15, 0.2) is 5.65 Å². The Kier molecular flexibility index (Phi) is 5.25. The quantitative estimate of drug-likeness (QED) is 0.415. The van der Waals surface area contributed by atoms with Gasteiger partial charge in [0.2, 0.25) is 0 Å². The molecule has 0 fully saturated rings. The summed E-state index contributed by atoms with van der Waals surface area (Å²) < 4.78 is 16.9. The highest BCUT2D eigenvalue weighted by atomic mass is 19.1. The number of fused-ring (bicyclic) bond motifs is 1. The van der Waals surface area contributed by atoms with Gasteiger partial charge in [-0.25, -0.2) is 23.7 Å². The van der Waals surface area contributed by atoms with E-state index in [0.717, 1.165) is 11.6 Å². The van der Waals surface area contributed by atoms with E-state index in [1.54, 1.807) is 10.9 Å². The summed E-state index contributed by atoms with van der Waals surface area (Å²) in [4.78, 5) is 21.1. The summed E-state index contributed by atoms with van der Waals surface area (Å²) in [5, 5.41) is 19.2. The molecule has 5 rings (SSSR count). The molecule has 3 heterocycles. The fourth-order valence-corrected chi connectivity index (χ4v) is 3.87. The monoisotopic (exact) mass is 457 g/mol. The first kappa shape index (κ1) is 21.3. The molecular formula is C24H20FN7O2. The van der Waals surface area contributed by atoms with Crippen LogP contribution >= 0.6 is 0 Å². The summed E-state index contributed by atoms with van der Waals surface area (Å²) in [7, 11) is 0. The molecule has 0 spiro atoms. The van der Waals surface area contributed by atoms with E-state index in [0.29, 0.717) is 34.4 Å². The van der Waals surface area contributed by atoms with Gasteiger partial charge < -0.3 is 10.8 Å². The molecule has 0 aliphatic rings. The van der Waals surface area contributed by atoms with Crippen molar-refractivity contribution < 1.29 is 9.50 Å². The lowest BCUT2D eigenvalue weighted by molar-refractivity contribution is 0.469. The zero-order valence-corrected chi connectivity index (χ0v) is 18.1. The molecule has 34 heavy (non-hydrogen) atoms. The van der Waals surface area contributed by atoms with E-state index in [4.69, 9.17) is 5.73 Å². The fourth-order valence-electron chi connectivity index (χ4n) is 3.87. The van der Waals surface area contributed by atoms with Crippen LogP contribution in [0.5, 0.6) is 5.75 Å². The van der Waals surface area contributed by atoms with Crippen molar-refractivity contribution in [1.29, 1.82) is 0 Å². The van der Waals surface area contributed by atoms with E-state index >= 15 is 0 Å². The maximum atomic E-state index is 14.0. The molecule has 10 heteroatoms. The van der Waals surface area contributed by atoms with E-state index in [-0.39, 0.29) is 17.1 Å². The molecule has 9 nitrogen and oxygen atoms in total. The van der Waals surface area contributed by atoms with Crippen molar-refractivity contribution in [2.75, 3.05) is 5.73 Å². The minimum Gasteiger partial charge on any atom is -0.508 e. The third kappa shape index (κ3) is 3.85. The molecule has 0 amide bonds. The Morgan fingerprint density at radius 1 is 1.12 bits per heavy atom. The van der Waals surface area contributed by atoms with Gasteiger partial charge in [-0.1, -0.05) is 30.3 Å². The van der Waals surface area contributed by atoms with Crippen LogP contribution in [0.1, 0.15) is 24.1 Å². The Bertz CT molecular complexity index is 1540.